The topological polar surface area (TPSA) is 72.7 Å². The molecule has 112 valence electrons. The van der Waals surface area contributed by atoms with Crippen molar-refractivity contribution in [1.82, 2.24) is 25.1 Å². The summed E-state index contributed by atoms with van der Waals surface area (Å²) in [6.45, 7) is 1.92. The van der Waals surface area contributed by atoms with Gasteiger partial charge in [0.15, 0.2) is 5.65 Å². The van der Waals surface area contributed by atoms with Crippen molar-refractivity contribution < 1.29 is 4.79 Å². The SMILES string of the molecule is CC(Sc1ncnc2c1cnn2C)C(=O)NC1CCCC1. The fraction of sp³-hybridized carbons (Fsp3) is 0.571. The number of hydrogen-bond acceptors (Lipinski definition) is 5. The van der Waals surface area contributed by atoms with Gasteiger partial charge < -0.3 is 5.32 Å². The van der Waals surface area contributed by atoms with Crippen LogP contribution in [-0.4, -0.2) is 36.9 Å². The number of carbonyl (C=O) groups excluding carboxylic acids is 1. The van der Waals surface area contributed by atoms with Gasteiger partial charge >= 0.3 is 0 Å². The van der Waals surface area contributed by atoms with E-state index < -0.39 is 0 Å². The molecule has 2 heterocycles. The van der Waals surface area contributed by atoms with Gasteiger partial charge in [0.25, 0.3) is 0 Å². The zero-order chi connectivity index (χ0) is 14.8. The summed E-state index contributed by atoms with van der Waals surface area (Å²) in [5, 5.41) is 8.84. The number of rotatable bonds is 4. The fourth-order valence-corrected chi connectivity index (χ4v) is 3.53. The third-order valence-electron chi connectivity index (χ3n) is 3.85. The van der Waals surface area contributed by atoms with Crippen LogP contribution in [0.4, 0.5) is 0 Å². The van der Waals surface area contributed by atoms with Crippen LogP contribution in [0.25, 0.3) is 11.0 Å². The molecular weight excluding hydrogens is 286 g/mol. The number of carbonyl (C=O) groups is 1. The second-order valence-electron chi connectivity index (χ2n) is 5.43. The summed E-state index contributed by atoms with van der Waals surface area (Å²) in [5.41, 5.74) is 0.788. The normalized spacial score (nSPS) is 17.2. The molecular formula is C14H19N5OS. The first-order valence-electron chi connectivity index (χ1n) is 7.25. The van der Waals surface area contributed by atoms with Crippen molar-refractivity contribution in [1.29, 1.82) is 0 Å². The molecule has 0 spiro atoms. The molecule has 1 aliphatic carbocycles. The number of amides is 1. The Morgan fingerprint density at radius 3 is 2.95 bits per heavy atom. The van der Waals surface area contributed by atoms with Gasteiger partial charge in [0.05, 0.1) is 16.8 Å². The van der Waals surface area contributed by atoms with Crippen LogP contribution in [0.5, 0.6) is 0 Å². The first kappa shape index (κ1) is 14.3. The third-order valence-corrected chi connectivity index (χ3v) is 4.97. The Bertz CT molecular complexity index is 650. The number of aryl methyl sites for hydroxylation is 1. The molecule has 3 rings (SSSR count). The minimum Gasteiger partial charge on any atom is -0.352 e. The van der Waals surface area contributed by atoms with Gasteiger partial charge in [0, 0.05) is 13.1 Å². The molecule has 1 amide bonds. The molecule has 1 N–H and O–H groups in total. The highest BCUT2D eigenvalue weighted by Crippen LogP contribution is 2.28. The van der Waals surface area contributed by atoms with Crippen LogP contribution in [0.15, 0.2) is 17.6 Å². The van der Waals surface area contributed by atoms with Crippen molar-refractivity contribution in [2.24, 2.45) is 7.05 Å². The molecule has 0 bridgehead atoms. The van der Waals surface area contributed by atoms with E-state index in [9.17, 15) is 4.79 Å². The molecule has 6 nitrogen and oxygen atoms in total. The van der Waals surface area contributed by atoms with E-state index in [1.54, 1.807) is 10.9 Å². The number of hydrogen-bond donors (Lipinski definition) is 1. The Labute approximate surface area is 127 Å². The lowest BCUT2D eigenvalue weighted by Gasteiger charge is -2.16. The number of fused-ring (bicyclic) bond motifs is 1. The molecule has 1 saturated carbocycles. The standard InChI is InChI=1S/C14H19N5OS/c1-9(13(20)18-10-5-3-4-6-10)21-14-11-7-17-19(2)12(11)15-8-16-14/h7-10H,3-6H2,1-2H3,(H,18,20). The van der Waals surface area contributed by atoms with Crippen LogP contribution in [0, 0.1) is 0 Å². The van der Waals surface area contributed by atoms with Crippen molar-refractivity contribution in [2.75, 3.05) is 0 Å². The van der Waals surface area contributed by atoms with Gasteiger partial charge in [-0.2, -0.15) is 5.10 Å². The largest absolute Gasteiger partial charge is 0.352 e. The lowest BCUT2D eigenvalue weighted by atomic mass is 10.2. The van der Waals surface area contributed by atoms with Crippen molar-refractivity contribution in [2.45, 2.75) is 48.9 Å². The highest BCUT2D eigenvalue weighted by Gasteiger charge is 2.22. The van der Waals surface area contributed by atoms with Gasteiger partial charge in [0.2, 0.25) is 5.91 Å². The van der Waals surface area contributed by atoms with E-state index in [0.29, 0.717) is 6.04 Å². The lowest BCUT2D eigenvalue weighted by Crippen LogP contribution is -2.37. The molecule has 1 aliphatic rings. The van der Waals surface area contributed by atoms with Crippen molar-refractivity contribution >= 4 is 28.7 Å². The number of aromatic nitrogens is 4. The van der Waals surface area contributed by atoms with Crippen molar-refractivity contribution in [3.05, 3.63) is 12.5 Å². The van der Waals surface area contributed by atoms with E-state index in [1.165, 1.54) is 30.9 Å². The quantitative estimate of drug-likeness (QED) is 0.690. The average Bonchev–Trinajstić information content (AvgIpc) is 3.10. The minimum atomic E-state index is -0.177. The highest BCUT2D eigenvalue weighted by molar-refractivity contribution is 8.00. The smallest absolute Gasteiger partial charge is 0.233 e. The number of nitrogens with zero attached hydrogens (tertiary/aromatic N) is 4. The molecule has 0 radical (unpaired) electrons. The van der Waals surface area contributed by atoms with Crippen LogP contribution in [0.2, 0.25) is 0 Å². The Morgan fingerprint density at radius 1 is 1.43 bits per heavy atom. The molecule has 1 fully saturated rings. The van der Waals surface area contributed by atoms with Gasteiger partial charge in [-0.25, -0.2) is 9.97 Å². The molecule has 0 saturated heterocycles. The van der Waals surface area contributed by atoms with E-state index >= 15 is 0 Å². The van der Waals surface area contributed by atoms with E-state index in [2.05, 4.69) is 20.4 Å². The summed E-state index contributed by atoms with van der Waals surface area (Å²) in [6, 6.07) is 0.351. The fourth-order valence-electron chi connectivity index (χ4n) is 2.64. The average molecular weight is 305 g/mol. The monoisotopic (exact) mass is 305 g/mol. The van der Waals surface area contributed by atoms with E-state index in [1.807, 2.05) is 14.0 Å². The summed E-state index contributed by atoms with van der Waals surface area (Å²) < 4.78 is 1.71. The molecule has 2 aromatic rings. The Morgan fingerprint density at radius 2 is 2.19 bits per heavy atom. The minimum absolute atomic E-state index is 0.0857. The first-order chi connectivity index (χ1) is 10.1. The van der Waals surface area contributed by atoms with E-state index in [0.717, 1.165) is 28.9 Å². The summed E-state index contributed by atoms with van der Waals surface area (Å²) in [4.78, 5) is 20.8. The maximum Gasteiger partial charge on any atom is 0.233 e. The Balaban J connectivity index is 1.70. The molecule has 1 unspecified atom stereocenters. The summed E-state index contributed by atoms with van der Waals surface area (Å²) >= 11 is 1.46. The maximum atomic E-state index is 12.2. The Kier molecular flexibility index (Phi) is 4.10. The van der Waals surface area contributed by atoms with Gasteiger partial charge in [-0.1, -0.05) is 24.6 Å². The Hall–Kier alpha value is -1.63. The lowest BCUT2D eigenvalue weighted by molar-refractivity contribution is -0.120. The second-order valence-corrected chi connectivity index (χ2v) is 6.76. The van der Waals surface area contributed by atoms with Gasteiger partial charge in [-0.3, -0.25) is 9.48 Å². The third kappa shape index (κ3) is 3.02. The molecule has 0 aromatic carbocycles. The molecule has 1 atom stereocenters. The van der Waals surface area contributed by atoms with Gasteiger partial charge in [0.1, 0.15) is 11.4 Å². The molecule has 7 heteroatoms. The molecule has 0 aliphatic heterocycles. The maximum absolute atomic E-state index is 12.2. The highest BCUT2D eigenvalue weighted by atomic mass is 32.2. The zero-order valence-electron chi connectivity index (χ0n) is 12.2. The predicted molar refractivity (Wildman–Crippen MR) is 82.0 cm³/mol. The first-order valence-corrected chi connectivity index (χ1v) is 8.13. The van der Waals surface area contributed by atoms with E-state index in [4.69, 9.17) is 0 Å². The molecule has 21 heavy (non-hydrogen) atoms. The van der Waals surface area contributed by atoms with E-state index in [-0.39, 0.29) is 11.2 Å². The summed E-state index contributed by atoms with van der Waals surface area (Å²) in [6.07, 6.45) is 7.91. The van der Waals surface area contributed by atoms with Crippen molar-refractivity contribution in [3.8, 4) is 0 Å². The van der Waals surface area contributed by atoms with Crippen molar-refractivity contribution in [3.63, 3.8) is 0 Å². The van der Waals surface area contributed by atoms with Crippen LogP contribution in [-0.2, 0) is 11.8 Å². The van der Waals surface area contributed by atoms with Crippen LogP contribution in [0.1, 0.15) is 32.6 Å². The number of nitrogens with one attached hydrogen (secondary N) is 1. The van der Waals surface area contributed by atoms with Gasteiger partial charge in [-0.05, 0) is 19.8 Å². The zero-order valence-corrected chi connectivity index (χ0v) is 13.1. The number of thioether (sulfide) groups is 1. The summed E-state index contributed by atoms with van der Waals surface area (Å²) in [5.74, 6) is 0.0857. The van der Waals surface area contributed by atoms with Gasteiger partial charge in [-0.15, -0.1) is 0 Å². The summed E-state index contributed by atoms with van der Waals surface area (Å²) in [7, 11) is 1.85. The van der Waals surface area contributed by atoms with Crippen LogP contribution in [0.3, 0.4) is 0 Å². The van der Waals surface area contributed by atoms with Crippen LogP contribution >= 0.6 is 11.8 Å². The predicted octanol–water partition coefficient (Wildman–Crippen LogP) is 1.90. The van der Waals surface area contributed by atoms with Crippen LogP contribution < -0.4 is 5.32 Å². The second kappa shape index (κ2) is 6.01. The molecule has 2 aromatic heterocycles.